The highest BCUT2D eigenvalue weighted by atomic mass is 32.1. The van der Waals surface area contributed by atoms with Crippen LogP contribution in [0.4, 0.5) is 0 Å². The third kappa shape index (κ3) is 0.648. The first-order chi connectivity index (χ1) is 5.95. The normalized spacial score (nSPS) is 11.3. The van der Waals surface area contributed by atoms with Crippen molar-refractivity contribution in [1.29, 1.82) is 0 Å². The van der Waals surface area contributed by atoms with E-state index in [0.717, 1.165) is 10.5 Å². The van der Waals surface area contributed by atoms with E-state index in [1.165, 1.54) is 4.70 Å². The number of thiazole rings is 1. The molecule has 3 rings (SSSR count). The molecule has 4 heteroatoms. The van der Waals surface area contributed by atoms with Crippen LogP contribution in [0.15, 0.2) is 30.9 Å². The van der Waals surface area contributed by atoms with Crippen LogP contribution in [-0.4, -0.2) is 14.4 Å². The van der Waals surface area contributed by atoms with E-state index in [9.17, 15) is 0 Å². The number of hydrogen-bond donors (Lipinski definition) is 0. The molecule has 0 aliphatic rings. The zero-order valence-electron chi connectivity index (χ0n) is 6.14. The Morgan fingerprint density at radius 1 is 1.33 bits per heavy atom. The van der Waals surface area contributed by atoms with Crippen molar-refractivity contribution in [2.24, 2.45) is 0 Å². The molecule has 0 saturated carbocycles. The van der Waals surface area contributed by atoms with Crippen molar-refractivity contribution in [3.05, 3.63) is 30.9 Å². The highest BCUT2D eigenvalue weighted by Crippen LogP contribution is 2.23. The van der Waals surface area contributed by atoms with Gasteiger partial charge in [-0.2, -0.15) is 0 Å². The molecule has 12 heavy (non-hydrogen) atoms. The van der Waals surface area contributed by atoms with Crippen LogP contribution in [0.5, 0.6) is 0 Å². The van der Waals surface area contributed by atoms with Gasteiger partial charge in [0.2, 0.25) is 0 Å². The van der Waals surface area contributed by atoms with E-state index in [2.05, 4.69) is 9.97 Å². The number of imidazole rings is 1. The van der Waals surface area contributed by atoms with E-state index in [0.29, 0.717) is 0 Å². The summed E-state index contributed by atoms with van der Waals surface area (Å²) in [6, 6.07) is 2.01. The van der Waals surface area contributed by atoms with E-state index in [1.807, 2.05) is 22.9 Å². The van der Waals surface area contributed by atoms with Crippen molar-refractivity contribution in [3.63, 3.8) is 0 Å². The van der Waals surface area contributed by atoms with E-state index >= 15 is 0 Å². The molecule has 0 spiro atoms. The first-order valence-corrected chi connectivity index (χ1v) is 4.42. The molecule has 58 valence electrons. The third-order valence-corrected chi connectivity index (χ3v) is 2.88. The summed E-state index contributed by atoms with van der Waals surface area (Å²) in [6.45, 7) is 0. The molecule has 0 aromatic carbocycles. The molecule has 0 N–H and O–H groups in total. The van der Waals surface area contributed by atoms with Crippen molar-refractivity contribution in [1.82, 2.24) is 14.4 Å². The number of fused-ring (bicyclic) bond motifs is 3. The van der Waals surface area contributed by atoms with Crippen LogP contribution < -0.4 is 0 Å². The van der Waals surface area contributed by atoms with Gasteiger partial charge in [0.25, 0.3) is 0 Å². The van der Waals surface area contributed by atoms with Crippen molar-refractivity contribution < 1.29 is 0 Å². The molecule has 0 saturated heterocycles. The second kappa shape index (κ2) is 2.04. The Morgan fingerprint density at radius 3 is 3.33 bits per heavy atom. The smallest absolute Gasteiger partial charge is 0.194 e. The minimum Gasteiger partial charge on any atom is -0.289 e. The lowest BCUT2D eigenvalue weighted by atomic mass is 10.4. The summed E-state index contributed by atoms with van der Waals surface area (Å²) >= 11 is 1.68. The molecule has 0 bridgehead atoms. The van der Waals surface area contributed by atoms with Gasteiger partial charge < -0.3 is 0 Å². The average molecular weight is 175 g/mol. The topological polar surface area (TPSA) is 30.2 Å². The van der Waals surface area contributed by atoms with Gasteiger partial charge in [-0.1, -0.05) is 11.3 Å². The molecule has 0 fully saturated rings. The summed E-state index contributed by atoms with van der Waals surface area (Å²) in [5, 5.41) is 0. The van der Waals surface area contributed by atoms with Gasteiger partial charge in [-0.3, -0.25) is 9.38 Å². The van der Waals surface area contributed by atoms with Gasteiger partial charge in [-0.25, -0.2) is 4.98 Å². The first kappa shape index (κ1) is 6.14. The Morgan fingerprint density at radius 2 is 2.33 bits per heavy atom. The fourth-order valence-corrected chi connectivity index (χ4v) is 2.24. The maximum Gasteiger partial charge on any atom is 0.194 e. The van der Waals surface area contributed by atoms with Gasteiger partial charge in [0, 0.05) is 18.6 Å². The lowest BCUT2D eigenvalue weighted by molar-refractivity contribution is 1.26. The van der Waals surface area contributed by atoms with Gasteiger partial charge in [0.1, 0.15) is 0 Å². The molecule has 3 aromatic rings. The summed E-state index contributed by atoms with van der Waals surface area (Å²) in [5.74, 6) is 0. The molecule has 0 aliphatic carbocycles. The molecule has 0 aliphatic heterocycles. The third-order valence-electron chi connectivity index (χ3n) is 1.83. The van der Waals surface area contributed by atoms with Crippen LogP contribution in [0.3, 0.4) is 0 Å². The summed E-state index contributed by atoms with van der Waals surface area (Å²) in [7, 11) is 0. The standard InChI is InChI=1S/C8H5N3S/c1-2-9-5-6-7(1)12-8-10-3-4-11(6)8/h1-5H. The molecule has 0 unspecified atom stereocenters. The summed E-state index contributed by atoms with van der Waals surface area (Å²) in [5.41, 5.74) is 1.13. The van der Waals surface area contributed by atoms with Crippen LogP contribution in [0.1, 0.15) is 0 Å². The van der Waals surface area contributed by atoms with E-state index in [-0.39, 0.29) is 0 Å². The van der Waals surface area contributed by atoms with Crippen LogP contribution in [0, 0.1) is 0 Å². The maximum absolute atomic E-state index is 4.21. The van der Waals surface area contributed by atoms with Crippen LogP contribution in [0.25, 0.3) is 15.2 Å². The molecular weight excluding hydrogens is 170 g/mol. The van der Waals surface area contributed by atoms with Gasteiger partial charge >= 0.3 is 0 Å². The molecule has 0 radical (unpaired) electrons. The zero-order chi connectivity index (χ0) is 7.97. The molecular formula is C8H5N3S. The summed E-state index contributed by atoms with van der Waals surface area (Å²) in [6.07, 6.45) is 7.42. The van der Waals surface area contributed by atoms with Gasteiger partial charge in [-0.15, -0.1) is 0 Å². The predicted molar refractivity (Wildman–Crippen MR) is 48.4 cm³/mol. The Kier molecular flexibility index (Phi) is 1.04. The lowest BCUT2D eigenvalue weighted by Crippen LogP contribution is -1.76. The van der Waals surface area contributed by atoms with Crippen molar-refractivity contribution >= 4 is 26.5 Å². The van der Waals surface area contributed by atoms with E-state index in [1.54, 1.807) is 23.7 Å². The van der Waals surface area contributed by atoms with E-state index < -0.39 is 0 Å². The highest BCUT2D eigenvalue weighted by Gasteiger charge is 2.02. The highest BCUT2D eigenvalue weighted by molar-refractivity contribution is 7.23. The summed E-state index contributed by atoms with van der Waals surface area (Å²) < 4.78 is 3.28. The fraction of sp³-hybridized carbons (Fsp3) is 0. The van der Waals surface area contributed by atoms with Crippen LogP contribution in [0.2, 0.25) is 0 Å². The largest absolute Gasteiger partial charge is 0.289 e. The number of nitrogens with zero attached hydrogens (tertiary/aromatic N) is 3. The number of pyridine rings is 1. The number of aromatic nitrogens is 3. The molecule has 0 amide bonds. The Bertz CT molecular complexity index is 536. The Balaban J connectivity index is 2.68. The van der Waals surface area contributed by atoms with Crippen LogP contribution >= 0.6 is 11.3 Å². The number of hydrogen-bond acceptors (Lipinski definition) is 3. The zero-order valence-corrected chi connectivity index (χ0v) is 6.95. The predicted octanol–water partition coefficient (Wildman–Crippen LogP) is 1.94. The molecule has 3 aromatic heterocycles. The molecule has 3 nitrogen and oxygen atoms in total. The second-order valence-corrected chi connectivity index (χ2v) is 3.53. The van der Waals surface area contributed by atoms with Gasteiger partial charge in [-0.05, 0) is 6.07 Å². The molecule has 3 heterocycles. The monoisotopic (exact) mass is 175 g/mol. The Hall–Kier alpha value is -1.42. The maximum atomic E-state index is 4.21. The van der Waals surface area contributed by atoms with Gasteiger partial charge in [0.15, 0.2) is 4.96 Å². The first-order valence-electron chi connectivity index (χ1n) is 3.61. The lowest BCUT2D eigenvalue weighted by Gasteiger charge is -1.86. The Labute approximate surface area is 72.3 Å². The molecule has 0 atom stereocenters. The second-order valence-electron chi connectivity index (χ2n) is 2.53. The fourth-order valence-electron chi connectivity index (χ4n) is 1.29. The summed E-state index contributed by atoms with van der Waals surface area (Å²) in [4.78, 5) is 9.31. The van der Waals surface area contributed by atoms with Crippen LogP contribution in [-0.2, 0) is 0 Å². The SMILES string of the molecule is c1cc2sc3nccn3c2cn1. The average Bonchev–Trinajstić information content (AvgIpc) is 2.62. The van der Waals surface area contributed by atoms with Gasteiger partial charge in [0.05, 0.1) is 16.4 Å². The minimum absolute atomic E-state index is 1.03. The quantitative estimate of drug-likeness (QED) is 0.522. The number of rotatable bonds is 0. The van der Waals surface area contributed by atoms with Crippen molar-refractivity contribution in [3.8, 4) is 0 Å². The van der Waals surface area contributed by atoms with E-state index in [4.69, 9.17) is 0 Å². The van der Waals surface area contributed by atoms with Crippen molar-refractivity contribution in [2.75, 3.05) is 0 Å². The van der Waals surface area contributed by atoms with Crippen molar-refractivity contribution in [2.45, 2.75) is 0 Å². The minimum atomic E-state index is 1.03.